The molecule has 3 amide bonds. The summed E-state index contributed by atoms with van der Waals surface area (Å²) >= 11 is 0. The van der Waals surface area contributed by atoms with E-state index >= 15 is 0 Å². The quantitative estimate of drug-likeness (QED) is 0.149. The Balaban J connectivity index is 0.893. The third-order valence-electron chi connectivity index (χ3n) is 9.19. The minimum atomic E-state index is -0.537. The molecule has 0 aromatic heterocycles. The molecule has 5 N–H and O–H groups in total. The summed E-state index contributed by atoms with van der Waals surface area (Å²) in [5.41, 5.74) is 3.65. The van der Waals surface area contributed by atoms with Gasteiger partial charge in [-0.25, -0.2) is 4.79 Å². The van der Waals surface area contributed by atoms with Gasteiger partial charge in [0.25, 0.3) is 0 Å². The Labute approximate surface area is 288 Å². The number of phenolic OH excluding ortho intramolecular Hbond substituents is 1. The summed E-state index contributed by atoms with van der Waals surface area (Å²) in [6.45, 7) is 4.33. The van der Waals surface area contributed by atoms with E-state index in [9.17, 15) is 24.6 Å². The highest BCUT2D eigenvalue weighted by Crippen LogP contribution is 2.28. The summed E-state index contributed by atoms with van der Waals surface area (Å²) < 4.78 is 5.73. The second-order valence-electron chi connectivity index (χ2n) is 12.9. The summed E-state index contributed by atoms with van der Waals surface area (Å²) in [6.07, 6.45) is 3.65. The van der Waals surface area contributed by atoms with Gasteiger partial charge in [0.1, 0.15) is 11.9 Å². The number of carbonyl (C=O) groups is 3. The van der Waals surface area contributed by atoms with Crippen LogP contribution in [-0.4, -0.2) is 95.4 Å². The van der Waals surface area contributed by atoms with Crippen LogP contribution < -0.4 is 16.0 Å². The maximum Gasteiger partial charge on any atom is 0.411 e. The number of piperidine rings is 1. The number of aliphatic hydroxyl groups is 1. The molecule has 0 radical (unpaired) electrons. The van der Waals surface area contributed by atoms with Gasteiger partial charge in [-0.3, -0.25) is 19.8 Å². The van der Waals surface area contributed by atoms with Gasteiger partial charge in [0.2, 0.25) is 11.8 Å². The molecule has 0 aliphatic carbocycles. The summed E-state index contributed by atoms with van der Waals surface area (Å²) in [4.78, 5) is 42.1. The smallest absolute Gasteiger partial charge is 0.411 e. The third kappa shape index (κ3) is 11.3. The Kier molecular flexibility index (Phi) is 13.4. The van der Waals surface area contributed by atoms with Crippen LogP contribution in [-0.2, 0) is 20.9 Å². The number of phenols is 1. The highest BCUT2D eigenvalue weighted by Gasteiger charge is 2.35. The van der Waals surface area contributed by atoms with Crippen molar-refractivity contribution >= 4 is 23.6 Å². The second-order valence-corrected chi connectivity index (χ2v) is 12.9. The third-order valence-corrected chi connectivity index (χ3v) is 9.19. The van der Waals surface area contributed by atoms with Gasteiger partial charge < -0.3 is 30.5 Å². The Hall–Kier alpha value is -4.45. The maximum atomic E-state index is 12.8. The van der Waals surface area contributed by atoms with Crippen LogP contribution in [0, 0.1) is 0 Å². The lowest BCUT2D eigenvalue weighted by molar-refractivity contribution is -0.125. The number of carbonyl (C=O) groups excluding carboxylic acids is 3. The summed E-state index contributed by atoms with van der Waals surface area (Å²) in [6, 6.07) is 24.1. The van der Waals surface area contributed by atoms with Gasteiger partial charge in [-0.2, -0.15) is 0 Å². The molecule has 11 nitrogen and oxygen atoms in total. The predicted molar refractivity (Wildman–Crippen MR) is 189 cm³/mol. The Morgan fingerprint density at radius 3 is 2.29 bits per heavy atom. The van der Waals surface area contributed by atoms with E-state index < -0.39 is 12.2 Å². The van der Waals surface area contributed by atoms with Gasteiger partial charge in [-0.1, -0.05) is 60.7 Å². The number of benzene rings is 3. The molecule has 262 valence electrons. The molecule has 2 aliphatic rings. The molecule has 2 fully saturated rings. The number of hydrogen-bond acceptors (Lipinski definition) is 8. The lowest BCUT2D eigenvalue weighted by Gasteiger charge is -2.31. The van der Waals surface area contributed by atoms with E-state index in [-0.39, 0.29) is 29.7 Å². The SMILES string of the molecule is O=C(CCN1CCC(OC(=O)Nc2ccccc2-c2ccccc2)CC1)NCCCCCNC(=O)[C@@H]1C[C@@H](O)CN1Cc1ccc(O)cc1. The fraction of sp³-hybridized carbons (Fsp3) is 0.447. The van der Waals surface area contributed by atoms with Gasteiger partial charge in [0.05, 0.1) is 17.8 Å². The summed E-state index contributed by atoms with van der Waals surface area (Å²) in [5.74, 6) is 0.146. The molecule has 2 heterocycles. The molecule has 5 rings (SSSR count). The van der Waals surface area contributed by atoms with Crippen LogP contribution >= 0.6 is 0 Å². The first-order valence-corrected chi connectivity index (χ1v) is 17.4. The summed E-state index contributed by atoms with van der Waals surface area (Å²) in [5, 5.41) is 28.6. The van der Waals surface area contributed by atoms with E-state index in [2.05, 4.69) is 20.9 Å². The normalized spacial score (nSPS) is 18.6. The number of anilines is 1. The zero-order chi connectivity index (χ0) is 34.4. The Morgan fingerprint density at radius 1 is 0.837 bits per heavy atom. The number of rotatable bonds is 15. The highest BCUT2D eigenvalue weighted by molar-refractivity contribution is 5.91. The average molecular weight is 672 g/mol. The monoisotopic (exact) mass is 671 g/mol. The lowest BCUT2D eigenvalue weighted by Crippen LogP contribution is -2.43. The van der Waals surface area contributed by atoms with Crippen LogP contribution in [0.2, 0.25) is 0 Å². The number of aromatic hydroxyl groups is 1. The molecule has 0 saturated carbocycles. The molecule has 0 unspecified atom stereocenters. The van der Waals surface area contributed by atoms with Crippen LogP contribution in [0.25, 0.3) is 11.1 Å². The van der Waals surface area contributed by atoms with Crippen LogP contribution in [0.5, 0.6) is 5.75 Å². The van der Waals surface area contributed by atoms with Gasteiger partial charge >= 0.3 is 6.09 Å². The number of likely N-dealkylation sites (tertiary alicyclic amines) is 2. The van der Waals surface area contributed by atoms with E-state index in [0.29, 0.717) is 51.3 Å². The van der Waals surface area contributed by atoms with Crippen LogP contribution in [0.3, 0.4) is 0 Å². The molecule has 0 spiro atoms. The number of β-amino-alcohol motifs (C(OH)–C–C–N with tert-alkyl or cyclic N) is 1. The molecule has 2 atom stereocenters. The fourth-order valence-electron chi connectivity index (χ4n) is 6.50. The van der Waals surface area contributed by atoms with Crippen molar-refractivity contribution in [3.8, 4) is 16.9 Å². The maximum absolute atomic E-state index is 12.8. The average Bonchev–Trinajstić information content (AvgIpc) is 3.48. The molecule has 3 aromatic rings. The zero-order valence-electron chi connectivity index (χ0n) is 28.1. The lowest BCUT2D eigenvalue weighted by atomic mass is 10.0. The first-order valence-electron chi connectivity index (χ1n) is 17.4. The van der Waals surface area contributed by atoms with Crippen molar-refractivity contribution in [3.63, 3.8) is 0 Å². The topological polar surface area (TPSA) is 143 Å². The summed E-state index contributed by atoms with van der Waals surface area (Å²) in [7, 11) is 0. The number of nitrogens with one attached hydrogen (secondary N) is 3. The molecule has 0 bridgehead atoms. The molecular formula is C38H49N5O6. The number of unbranched alkanes of at least 4 members (excludes halogenated alkanes) is 2. The van der Waals surface area contributed by atoms with Crippen molar-refractivity contribution in [1.82, 2.24) is 20.4 Å². The Bertz CT molecular complexity index is 1500. The van der Waals surface area contributed by atoms with Gasteiger partial charge in [-0.15, -0.1) is 0 Å². The molecule has 2 saturated heterocycles. The number of para-hydroxylation sites is 1. The van der Waals surface area contributed by atoms with E-state index in [1.165, 1.54) is 0 Å². The van der Waals surface area contributed by atoms with Crippen molar-refractivity contribution in [2.75, 3.05) is 44.6 Å². The molecule has 11 heteroatoms. The van der Waals surface area contributed by atoms with E-state index in [1.807, 2.05) is 71.6 Å². The number of hydrogen-bond donors (Lipinski definition) is 5. The van der Waals surface area contributed by atoms with E-state index in [4.69, 9.17) is 4.74 Å². The first kappa shape index (κ1) is 35.8. The molecule has 3 aromatic carbocycles. The number of ether oxygens (including phenoxy) is 1. The second kappa shape index (κ2) is 18.4. The van der Waals surface area contributed by atoms with E-state index in [1.54, 1.807) is 12.1 Å². The van der Waals surface area contributed by atoms with Crippen LogP contribution in [0.4, 0.5) is 10.5 Å². The van der Waals surface area contributed by atoms with Gasteiger partial charge in [-0.05, 0) is 67.9 Å². The van der Waals surface area contributed by atoms with Crippen molar-refractivity contribution < 1.29 is 29.3 Å². The predicted octanol–water partition coefficient (Wildman–Crippen LogP) is 4.50. The van der Waals surface area contributed by atoms with Crippen molar-refractivity contribution in [3.05, 3.63) is 84.4 Å². The minimum absolute atomic E-state index is 0.0247. The van der Waals surface area contributed by atoms with Crippen molar-refractivity contribution in [2.45, 2.75) is 69.7 Å². The minimum Gasteiger partial charge on any atom is -0.508 e. The fourth-order valence-corrected chi connectivity index (χ4v) is 6.50. The van der Waals surface area contributed by atoms with Gasteiger partial charge in [0.15, 0.2) is 0 Å². The van der Waals surface area contributed by atoms with Crippen molar-refractivity contribution in [1.29, 1.82) is 0 Å². The first-order chi connectivity index (χ1) is 23.8. The van der Waals surface area contributed by atoms with Crippen LogP contribution in [0.1, 0.15) is 50.5 Å². The largest absolute Gasteiger partial charge is 0.508 e. The van der Waals surface area contributed by atoms with Crippen LogP contribution in [0.15, 0.2) is 78.9 Å². The zero-order valence-corrected chi connectivity index (χ0v) is 28.1. The number of amides is 3. The molecule has 49 heavy (non-hydrogen) atoms. The van der Waals surface area contributed by atoms with E-state index in [0.717, 1.165) is 61.9 Å². The highest BCUT2D eigenvalue weighted by atomic mass is 16.6. The van der Waals surface area contributed by atoms with Gasteiger partial charge in [0, 0.05) is 57.8 Å². The number of aliphatic hydroxyl groups excluding tert-OH is 1. The molecular weight excluding hydrogens is 622 g/mol. The Morgan fingerprint density at radius 2 is 1.53 bits per heavy atom. The number of nitrogens with zero attached hydrogens (tertiary/aromatic N) is 2. The van der Waals surface area contributed by atoms with Crippen molar-refractivity contribution in [2.24, 2.45) is 0 Å². The molecule has 2 aliphatic heterocycles. The standard InChI is InChI=1S/C38H49N5O6/c44-30-15-13-28(14-16-30)26-43-27-31(45)25-35(43)37(47)40-21-8-2-7-20-39-36(46)19-24-42-22-17-32(18-23-42)49-38(48)41-34-12-6-5-11-33(34)29-9-3-1-4-10-29/h1,3-6,9-16,31-32,35,44-45H,2,7-8,17-27H2,(H,39,46)(H,40,47)(H,41,48)/t31-,35+/m1/s1.